The van der Waals surface area contributed by atoms with Crippen LogP contribution in [-0.4, -0.2) is 13.7 Å². The van der Waals surface area contributed by atoms with E-state index in [9.17, 15) is 8.42 Å². The third kappa shape index (κ3) is 5.08. The van der Waals surface area contributed by atoms with Gasteiger partial charge in [-0.3, -0.25) is 4.72 Å². The predicted molar refractivity (Wildman–Crippen MR) is 77.2 cm³/mol. The molecule has 0 unspecified atom stereocenters. The first-order valence-corrected chi connectivity index (χ1v) is 8.17. The molecule has 1 N–H and O–H groups in total. The number of hydrogen-bond acceptors (Lipinski definition) is 2. The summed E-state index contributed by atoms with van der Waals surface area (Å²) in [6, 6.07) is 9.04. The van der Waals surface area contributed by atoms with Crippen LogP contribution in [0.3, 0.4) is 0 Å². The Balaban J connectivity index is 2.47. The maximum Gasteiger partial charge on any atom is 0.235 e. The first-order chi connectivity index (χ1) is 8.56. The van der Waals surface area contributed by atoms with Gasteiger partial charge >= 0.3 is 0 Å². The molecule has 1 aromatic carbocycles. The molecule has 0 aliphatic rings. The van der Waals surface area contributed by atoms with Crippen LogP contribution in [0, 0.1) is 0 Å². The number of benzene rings is 1. The lowest BCUT2D eigenvalue weighted by atomic mass is 10.1. The molecule has 0 amide bonds. The molecule has 1 rings (SSSR count). The molecule has 18 heavy (non-hydrogen) atoms. The third-order valence-electron chi connectivity index (χ3n) is 3.03. The van der Waals surface area contributed by atoms with Crippen molar-refractivity contribution in [3.8, 4) is 0 Å². The zero-order valence-corrected chi connectivity index (χ0v) is 12.0. The Morgan fingerprint density at radius 2 is 1.78 bits per heavy atom. The van der Waals surface area contributed by atoms with Gasteiger partial charge in [-0.15, -0.1) is 0 Å². The Morgan fingerprint density at radius 3 is 2.39 bits per heavy atom. The van der Waals surface area contributed by atoms with Crippen molar-refractivity contribution in [3.63, 3.8) is 0 Å². The lowest BCUT2D eigenvalue weighted by molar-refractivity contribution is 0.567. The van der Waals surface area contributed by atoms with Crippen molar-refractivity contribution in [2.75, 3.05) is 4.72 Å². The first kappa shape index (κ1) is 15.0. The zero-order chi connectivity index (χ0) is 13.4. The highest BCUT2D eigenvalue weighted by Crippen LogP contribution is 2.15. The van der Waals surface area contributed by atoms with E-state index in [-0.39, 0.29) is 5.25 Å². The molecule has 0 aliphatic heterocycles. The fourth-order valence-corrected chi connectivity index (χ4v) is 2.93. The van der Waals surface area contributed by atoms with E-state index in [4.69, 9.17) is 0 Å². The summed E-state index contributed by atoms with van der Waals surface area (Å²) in [4.78, 5) is 0. The van der Waals surface area contributed by atoms with E-state index in [1.165, 1.54) is 12.8 Å². The Labute approximate surface area is 111 Å². The van der Waals surface area contributed by atoms with E-state index in [0.29, 0.717) is 5.69 Å². The first-order valence-electron chi connectivity index (χ1n) is 6.63. The smallest absolute Gasteiger partial charge is 0.235 e. The van der Waals surface area contributed by atoms with Crippen LogP contribution in [0.25, 0.3) is 0 Å². The average molecular weight is 269 g/mol. The van der Waals surface area contributed by atoms with Crippen molar-refractivity contribution in [3.05, 3.63) is 30.3 Å². The van der Waals surface area contributed by atoms with Gasteiger partial charge in [-0.05, 0) is 25.5 Å². The number of para-hydroxylation sites is 1. The highest BCUT2D eigenvalue weighted by molar-refractivity contribution is 7.93. The Kier molecular flexibility index (Phi) is 6.19. The summed E-state index contributed by atoms with van der Waals surface area (Å²) >= 11 is 0. The number of anilines is 1. The van der Waals surface area contributed by atoms with Crippen LogP contribution < -0.4 is 4.72 Å². The fraction of sp³-hybridized carbons (Fsp3) is 0.571. The molecule has 0 spiro atoms. The number of nitrogens with one attached hydrogen (secondary N) is 1. The van der Waals surface area contributed by atoms with Gasteiger partial charge in [0.2, 0.25) is 10.0 Å². The molecule has 1 aromatic rings. The van der Waals surface area contributed by atoms with Gasteiger partial charge in [-0.1, -0.05) is 50.8 Å². The molecule has 3 nitrogen and oxygen atoms in total. The van der Waals surface area contributed by atoms with Gasteiger partial charge in [0.15, 0.2) is 0 Å². The van der Waals surface area contributed by atoms with Gasteiger partial charge in [0, 0.05) is 5.69 Å². The molecular weight excluding hydrogens is 246 g/mol. The van der Waals surface area contributed by atoms with Crippen molar-refractivity contribution in [2.24, 2.45) is 0 Å². The molecule has 4 heteroatoms. The maximum absolute atomic E-state index is 12.1. The topological polar surface area (TPSA) is 46.2 Å². The molecule has 1 atom stereocenters. The van der Waals surface area contributed by atoms with E-state index >= 15 is 0 Å². The minimum atomic E-state index is -3.25. The third-order valence-corrected chi connectivity index (χ3v) is 4.84. The van der Waals surface area contributed by atoms with E-state index in [0.717, 1.165) is 19.3 Å². The molecule has 0 fully saturated rings. The summed E-state index contributed by atoms with van der Waals surface area (Å²) in [7, 11) is -3.25. The minimum absolute atomic E-state index is 0.338. The van der Waals surface area contributed by atoms with Gasteiger partial charge in [0.05, 0.1) is 5.25 Å². The molecule has 0 saturated carbocycles. The van der Waals surface area contributed by atoms with Crippen LogP contribution in [0.4, 0.5) is 5.69 Å². The highest BCUT2D eigenvalue weighted by atomic mass is 32.2. The molecule has 0 aromatic heterocycles. The van der Waals surface area contributed by atoms with Crippen molar-refractivity contribution >= 4 is 15.7 Å². The second kappa shape index (κ2) is 7.41. The van der Waals surface area contributed by atoms with Gasteiger partial charge in [0.25, 0.3) is 0 Å². The van der Waals surface area contributed by atoms with Gasteiger partial charge in [-0.2, -0.15) is 0 Å². The van der Waals surface area contributed by atoms with Crippen molar-refractivity contribution in [1.29, 1.82) is 0 Å². The van der Waals surface area contributed by atoms with Gasteiger partial charge in [0.1, 0.15) is 0 Å². The molecule has 102 valence electrons. The summed E-state index contributed by atoms with van der Waals surface area (Å²) in [6.07, 6.45) is 5.16. The molecule has 0 radical (unpaired) electrons. The Hall–Kier alpha value is -1.03. The largest absolute Gasteiger partial charge is 0.283 e. The predicted octanol–water partition coefficient (Wildman–Crippen LogP) is 3.79. The van der Waals surface area contributed by atoms with E-state index in [1.54, 1.807) is 19.1 Å². The van der Waals surface area contributed by atoms with E-state index in [2.05, 4.69) is 11.6 Å². The standard InChI is InChI=1S/C14H23NO2S/c1-3-4-5-7-10-13(2)18(16,17)15-14-11-8-6-9-12-14/h6,8-9,11-13,15H,3-5,7,10H2,1-2H3/t13-/m1/s1. The SMILES string of the molecule is CCCCCC[C@@H](C)S(=O)(=O)Nc1ccccc1. The Morgan fingerprint density at radius 1 is 1.11 bits per heavy atom. The maximum atomic E-state index is 12.1. The molecule has 0 heterocycles. The monoisotopic (exact) mass is 269 g/mol. The van der Waals surface area contributed by atoms with Crippen molar-refractivity contribution in [2.45, 2.75) is 51.2 Å². The lowest BCUT2D eigenvalue weighted by Gasteiger charge is -2.14. The number of unbranched alkanes of at least 4 members (excludes halogenated alkanes) is 3. The van der Waals surface area contributed by atoms with Crippen LogP contribution in [0.15, 0.2) is 30.3 Å². The molecule has 0 saturated heterocycles. The van der Waals surface area contributed by atoms with Gasteiger partial charge < -0.3 is 0 Å². The second-order valence-electron chi connectivity index (χ2n) is 4.67. The van der Waals surface area contributed by atoms with Crippen LogP contribution in [-0.2, 0) is 10.0 Å². The number of hydrogen-bond donors (Lipinski definition) is 1. The highest BCUT2D eigenvalue weighted by Gasteiger charge is 2.19. The van der Waals surface area contributed by atoms with Crippen LogP contribution in [0.1, 0.15) is 46.0 Å². The normalized spacial score (nSPS) is 13.2. The molecule has 0 bridgehead atoms. The quantitative estimate of drug-likeness (QED) is 0.730. The summed E-state index contributed by atoms with van der Waals surface area (Å²) in [6.45, 7) is 3.92. The van der Waals surface area contributed by atoms with Crippen molar-refractivity contribution in [1.82, 2.24) is 0 Å². The van der Waals surface area contributed by atoms with Crippen LogP contribution >= 0.6 is 0 Å². The summed E-state index contributed by atoms with van der Waals surface area (Å²) in [5, 5.41) is -0.338. The molecule has 0 aliphatic carbocycles. The molecular formula is C14H23NO2S. The summed E-state index contributed by atoms with van der Waals surface area (Å²) < 4.78 is 26.7. The van der Waals surface area contributed by atoms with E-state index < -0.39 is 10.0 Å². The zero-order valence-electron chi connectivity index (χ0n) is 11.2. The van der Waals surface area contributed by atoms with Crippen LogP contribution in [0.2, 0.25) is 0 Å². The number of sulfonamides is 1. The second-order valence-corrected chi connectivity index (χ2v) is 6.77. The summed E-state index contributed by atoms with van der Waals surface area (Å²) in [5.41, 5.74) is 0.637. The number of rotatable bonds is 8. The average Bonchev–Trinajstić information content (AvgIpc) is 2.35. The Bertz CT molecular complexity index is 428. The lowest BCUT2D eigenvalue weighted by Crippen LogP contribution is -2.25. The van der Waals surface area contributed by atoms with Gasteiger partial charge in [-0.25, -0.2) is 8.42 Å². The summed E-state index contributed by atoms with van der Waals surface area (Å²) in [5.74, 6) is 0. The fourth-order valence-electron chi connectivity index (χ4n) is 1.78. The van der Waals surface area contributed by atoms with Crippen molar-refractivity contribution < 1.29 is 8.42 Å². The minimum Gasteiger partial charge on any atom is -0.283 e. The van der Waals surface area contributed by atoms with Crippen LogP contribution in [0.5, 0.6) is 0 Å². The van der Waals surface area contributed by atoms with E-state index in [1.807, 2.05) is 18.2 Å².